The second-order valence-electron chi connectivity index (χ2n) is 15.2. The molecule has 3 aliphatic carbocycles. The molecule has 3 aliphatic rings. The fraction of sp³-hybridized carbons (Fsp3) is 0.657. The van der Waals surface area contributed by atoms with Crippen molar-refractivity contribution in [3.05, 3.63) is 39.9 Å². The van der Waals surface area contributed by atoms with E-state index in [9.17, 15) is 9.59 Å². The molecule has 1 aromatic carbocycles. The lowest BCUT2D eigenvalue weighted by molar-refractivity contribution is -0.116. The van der Waals surface area contributed by atoms with E-state index in [1.54, 1.807) is 13.3 Å². The van der Waals surface area contributed by atoms with Gasteiger partial charge in [-0.25, -0.2) is 9.78 Å². The highest BCUT2D eigenvalue weighted by Gasteiger charge is 2.57. The van der Waals surface area contributed by atoms with Crippen LogP contribution in [0.2, 0.25) is 0 Å². The van der Waals surface area contributed by atoms with Crippen LogP contribution < -0.4 is 10.1 Å². The van der Waals surface area contributed by atoms with Crippen molar-refractivity contribution in [2.45, 2.75) is 117 Å². The molecule has 0 bridgehead atoms. The third kappa shape index (κ3) is 6.68. The number of carbonyl (C=O) groups excluding carboxylic acids is 2. The number of anilines is 1. The minimum absolute atomic E-state index is 0.0202. The predicted molar refractivity (Wildman–Crippen MR) is 175 cm³/mol. The number of ether oxygens (including phenoxy) is 2. The van der Waals surface area contributed by atoms with Crippen molar-refractivity contribution in [1.29, 1.82) is 0 Å². The van der Waals surface area contributed by atoms with Gasteiger partial charge >= 0.3 is 6.16 Å². The molecule has 8 nitrogen and oxygen atoms in total. The lowest BCUT2D eigenvalue weighted by Gasteiger charge is -2.50. The van der Waals surface area contributed by atoms with Crippen molar-refractivity contribution < 1.29 is 23.9 Å². The third-order valence-electron chi connectivity index (χ3n) is 9.90. The van der Waals surface area contributed by atoms with Crippen molar-refractivity contribution in [3.8, 4) is 5.75 Å². The van der Waals surface area contributed by atoms with Gasteiger partial charge in [0.2, 0.25) is 5.91 Å². The SMILES string of the molecule is CON=C1C[C@@H](CCC(=O)Nc2ncc(C)s2)C2C3CCc4cc(OC(=O)OC(C)(C)C)c(C(C)(C)C)cc4C3CC[C@]12C. The molecule has 1 amide bonds. The number of thiazole rings is 1. The van der Waals surface area contributed by atoms with E-state index in [4.69, 9.17) is 14.3 Å². The second-order valence-corrected chi connectivity index (χ2v) is 16.4. The van der Waals surface area contributed by atoms with Crippen LogP contribution in [0.1, 0.15) is 114 Å². The standard InChI is InChI=1S/C35H49N3O5S/c1-20-19-36-31(44-20)37-29(39)13-11-22-17-28(38-41-9)35(8)15-14-23-24(30(22)35)12-10-21-16-27(42-32(40)43-34(5,6)7)26(18-25(21)23)33(2,3)4/h16,18-19,22-24,30H,10-15,17H2,1-9H3,(H,36,37,39)/t22-,23?,24?,30?,35-/m1/s1. The molecule has 1 N–H and O–H groups in total. The van der Waals surface area contributed by atoms with Gasteiger partial charge in [0.05, 0.1) is 5.71 Å². The first-order valence-corrected chi connectivity index (χ1v) is 16.8. The second kappa shape index (κ2) is 12.1. The minimum atomic E-state index is -0.669. The molecule has 2 saturated carbocycles. The van der Waals surface area contributed by atoms with E-state index >= 15 is 0 Å². The Morgan fingerprint density at radius 1 is 1.16 bits per heavy atom. The molecule has 2 fully saturated rings. The first kappa shape index (κ1) is 32.5. The Morgan fingerprint density at radius 3 is 2.55 bits per heavy atom. The summed E-state index contributed by atoms with van der Waals surface area (Å²) in [7, 11) is 1.63. The van der Waals surface area contributed by atoms with Gasteiger partial charge in [-0.2, -0.15) is 0 Å². The van der Waals surface area contributed by atoms with Gasteiger partial charge in [-0.3, -0.25) is 4.79 Å². The maximum absolute atomic E-state index is 12.9. The summed E-state index contributed by atoms with van der Waals surface area (Å²) in [4.78, 5) is 36.4. The van der Waals surface area contributed by atoms with Crippen LogP contribution in [0, 0.1) is 30.1 Å². The molecule has 9 heteroatoms. The zero-order chi connectivity index (χ0) is 32.0. The zero-order valence-corrected chi connectivity index (χ0v) is 28.7. The maximum atomic E-state index is 12.9. The highest BCUT2D eigenvalue weighted by Crippen LogP contribution is 2.63. The quantitative estimate of drug-likeness (QED) is 0.197. The van der Waals surface area contributed by atoms with E-state index in [0.29, 0.717) is 41.0 Å². The van der Waals surface area contributed by atoms with Gasteiger partial charge in [-0.1, -0.05) is 38.9 Å². The number of amides is 1. The fourth-order valence-electron chi connectivity index (χ4n) is 8.14. The van der Waals surface area contributed by atoms with Crippen LogP contribution in [-0.2, 0) is 26.2 Å². The van der Waals surface area contributed by atoms with Gasteiger partial charge in [0.15, 0.2) is 5.13 Å². The number of hydrogen-bond acceptors (Lipinski definition) is 8. The Kier molecular flexibility index (Phi) is 8.93. The lowest BCUT2D eigenvalue weighted by Crippen LogP contribution is -2.44. The van der Waals surface area contributed by atoms with Crippen LogP contribution in [0.15, 0.2) is 23.5 Å². The molecule has 240 valence electrons. The molecule has 44 heavy (non-hydrogen) atoms. The molecular weight excluding hydrogens is 574 g/mol. The smallest absolute Gasteiger partial charge is 0.428 e. The Hall–Kier alpha value is -2.94. The Balaban J connectivity index is 1.42. The number of aromatic nitrogens is 1. The number of hydrogen-bond donors (Lipinski definition) is 1. The van der Waals surface area contributed by atoms with Crippen LogP contribution in [0.5, 0.6) is 5.75 Å². The van der Waals surface area contributed by atoms with E-state index in [-0.39, 0.29) is 16.7 Å². The first-order chi connectivity index (χ1) is 20.6. The Bertz CT molecular complexity index is 1430. The molecule has 0 radical (unpaired) electrons. The summed E-state index contributed by atoms with van der Waals surface area (Å²) in [5.74, 6) is 2.26. The lowest BCUT2D eigenvalue weighted by atomic mass is 9.53. The number of nitrogens with one attached hydrogen (secondary N) is 1. The third-order valence-corrected chi connectivity index (χ3v) is 10.7. The average Bonchev–Trinajstić information content (AvgIpc) is 3.44. The highest BCUT2D eigenvalue weighted by atomic mass is 32.1. The van der Waals surface area contributed by atoms with Gasteiger partial charge in [0, 0.05) is 28.5 Å². The van der Waals surface area contributed by atoms with Crippen LogP contribution >= 0.6 is 11.3 Å². The highest BCUT2D eigenvalue weighted by molar-refractivity contribution is 7.15. The molecule has 0 saturated heterocycles. The summed E-state index contributed by atoms with van der Waals surface area (Å²) in [6, 6.07) is 4.41. The van der Waals surface area contributed by atoms with Crippen molar-refractivity contribution in [2.75, 3.05) is 12.4 Å². The van der Waals surface area contributed by atoms with Crippen LogP contribution in [0.3, 0.4) is 0 Å². The van der Waals surface area contributed by atoms with Crippen LogP contribution in [0.4, 0.5) is 9.93 Å². The largest absolute Gasteiger partial charge is 0.514 e. The van der Waals surface area contributed by atoms with Crippen molar-refractivity contribution >= 4 is 34.2 Å². The monoisotopic (exact) mass is 623 g/mol. The van der Waals surface area contributed by atoms with Crippen molar-refractivity contribution in [2.24, 2.45) is 28.3 Å². The van der Waals surface area contributed by atoms with Crippen LogP contribution in [0.25, 0.3) is 0 Å². The summed E-state index contributed by atoms with van der Waals surface area (Å²) in [6.45, 7) is 16.4. The number of rotatable bonds is 6. The summed E-state index contributed by atoms with van der Waals surface area (Å²) < 4.78 is 11.4. The minimum Gasteiger partial charge on any atom is -0.428 e. The number of benzene rings is 1. The number of fused-ring (bicyclic) bond motifs is 5. The van der Waals surface area contributed by atoms with E-state index < -0.39 is 11.8 Å². The summed E-state index contributed by atoms with van der Waals surface area (Å²) in [6.07, 6.45) is 7.34. The number of nitrogens with zero attached hydrogens (tertiary/aromatic N) is 2. The van der Waals surface area contributed by atoms with E-state index in [1.165, 1.54) is 22.5 Å². The first-order valence-electron chi connectivity index (χ1n) is 16.0. The van der Waals surface area contributed by atoms with Crippen molar-refractivity contribution in [3.63, 3.8) is 0 Å². The van der Waals surface area contributed by atoms with Gasteiger partial charge in [0.25, 0.3) is 0 Å². The molecule has 5 atom stereocenters. The van der Waals surface area contributed by atoms with Gasteiger partial charge in [0.1, 0.15) is 18.5 Å². The number of carbonyl (C=O) groups is 2. The Morgan fingerprint density at radius 2 is 1.91 bits per heavy atom. The van der Waals surface area contributed by atoms with Crippen molar-refractivity contribution in [1.82, 2.24) is 4.98 Å². The zero-order valence-electron chi connectivity index (χ0n) is 27.8. The van der Waals surface area contributed by atoms with Crippen LogP contribution in [-0.4, -0.2) is 35.5 Å². The summed E-state index contributed by atoms with van der Waals surface area (Å²) >= 11 is 1.50. The number of oxime groups is 1. The summed E-state index contributed by atoms with van der Waals surface area (Å²) in [5.41, 5.74) is 3.92. The molecule has 2 aromatic rings. The van der Waals surface area contributed by atoms with E-state index in [2.05, 4.69) is 55.3 Å². The molecular formula is C35H49N3O5S. The summed E-state index contributed by atoms with van der Waals surface area (Å²) in [5, 5.41) is 8.23. The topological polar surface area (TPSA) is 99.1 Å². The number of aryl methyl sites for hydroxylation is 2. The van der Waals surface area contributed by atoms with E-state index in [0.717, 1.165) is 54.7 Å². The molecule has 1 aromatic heterocycles. The predicted octanol–water partition coefficient (Wildman–Crippen LogP) is 8.57. The molecule has 1 heterocycles. The van der Waals surface area contributed by atoms with Gasteiger partial charge in [-0.05, 0) is 112 Å². The molecule has 5 rings (SSSR count). The average molecular weight is 624 g/mol. The molecule has 3 unspecified atom stereocenters. The maximum Gasteiger partial charge on any atom is 0.514 e. The fourth-order valence-corrected chi connectivity index (χ4v) is 8.82. The molecule has 0 aliphatic heterocycles. The molecule has 0 spiro atoms. The van der Waals surface area contributed by atoms with Gasteiger partial charge in [-0.15, -0.1) is 11.3 Å². The van der Waals surface area contributed by atoms with E-state index in [1.807, 2.05) is 27.7 Å². The van der Waals surface area contributed by atoms with Gasteiger partial charge < -0.3 is 19.6 Å². The normalized spacial score (nSPS) is 27.2. The Labute approximate surface area is 266 Å².